The van der Waals surface area contributed by atoms with Gasteiger partial charge in [0.2, 0.25) is 0 Å². The van der Waals surface area contributed by atoms with E-state index in [1.807, 2.05) is 36.5 Å². The van der Waals surface area contributed by atoms with Crippen LogP contribution in [0.1, 0.15) is 207 Å². The highest BCUT2D eigenvalue weighted by atomic mass is 16.6. The Kier molecular flexibility index (Phi) is 48.1. The van der Waals surface area contributed by atoms with Crippen molar-refractivity contribution >= 4 is 17.9 Å². The Morgan fingerprint density at radius 2 is 0.641 bits per heavy atom. The first-order valence-electron chi connectivity index (χ1n) is 25.6. The number of esters is 3. The third-order valence-electron chi connectivity index (χ3n) is 10.3. The van der Waals surface area contributed by atoms with Gasteiger partial charge in [0.25, 0.3) is 0 Å². The fourth-order valence-corrected chi connectivity index (χ4v) is 6.54. The van der Waals surface area contributed by atoms with E-state index >= 15 is 0 Å². The lowest BCUT2D eigenvalue weighted by atomic mass is 10.1. The van der Waals surface area contributed by atoms with E-state index in [4.69, 9.17) is 14.2 Å². The molecule has 0 aromatic rings. The molecule has 0 N–H and O–H groups in total. The Balaban J connectivity index is 4.47. The lowest BCUT2D eigenvalue weighted by Gasteiger charge is -2.18. The first-order chi connectivity index (χ1) is 31.5. The molecule has 0 radical (unpaired) electrons. The highest BCUT2D eigenvalue weighted by molar-refractivity contribution is 5.71. The molecule has 0 aliphatic heterocycles. The number of hydrogen-bond acceptors (Lipinski definition) is 6. The van der Waals surface area contributed by atoms with E-state index < -0.39 is 6.10 Å². The van der Waals surface area contributed by atoms with Crippen LogP contribution in [0.4, 0.5) is 0 Å². The zero-order valence-corrected chi connectivity index (χ0v) is 41.0. The number of unbranched alkanes of at least 4 members (excludes halogenated alkanes) is 16. The molecule has 1 unspecified atom stereocenters. The molecule has 0 amide bonds. The summed E-state index contributed by atoms with van der Waals surface area (Å²) in [5, 5.41) is 0. The monoisotopic (exact) mass is 885 g/mol. The Bertz CT molecular complexity index is 1390. The largest absolute Gasteiger partial charge is 0.462 e. The summed E-state index contributed by atoms with van der Waals surface area (Å²) in [7, 11) is 0. The van der Waals surface area contributed by atoms with E-state index in [1.165, 1.54) is 38.5 Å². The molecule has 0 heterocycles. The van der Waals surface area contributed by atoms with E-state index in [-0.39, 0.29) is 31.1 Å². The van der Waals surface area contributed by atoms with Crippen molar-refractivity contribution in [3.05, 3.63) is 122 Å². The van der Waals surface area contributed by atoms with E-state index in [2.05, 4.69) is 106 Å². The molecule has 0 bridgehead atoms. The Hall–Kier alpha value is -4.19. The summed E-state index contributed by atoms with van der Waals surface area (Å²) in [4.78, 5) is 38.0. The van der Waals surface area contributed by atoms with Crippen LogP contribution in [-0.2, 0) is 28.6 Å². The van der Waals surface area contributed by atoms with Crippen LogP contribution in [0.25, 0.3) is 0 Å². The summed E-state index contributed by atoms with van der Waals surface area (Å²) < 4.78 is 16.7. The molecular weight excluding hydrogens is 793 g/mol. The average molecular weight is 885 g/mol. The normalized spacial score (nSPS) is 13.1. The molecule has 0 spiro atoms. The van der Waals surface area contributed by atoms with Gasteiger partial charge in [-0.3, -0.25) is 14.4 Å². The lowest BCUT2D eigenvalue weighted by Crippen LogP contribution is -2.30. The minimum atomic E-state index is -0.807. The Morgan fingerprint density at radius 3 is 1.08 bits per heavy atom. The van der Waals surface area contributed by atoms with Crippen LogP contribution in [0.3, 0.4) is 0 Å². The minimum Gasteiger partial charge on any atom is -0.462 e. The maximum Gasteiger partial charge on any atom is 0.306 e. The molecule has 0 rings (SSSR count). The fraction of sp³-hybridized carbons (Fsp3) is 0.603. The standard InChI is InChI=1S/C58H92O6/c1-4-7-10-13-16-19-22-25-27-28-29-30-31-34-36-39-42-45-48-51-57(60)63-54-55(53-62-56(59)50-47-44-41-38-35-32-24-21-18-15-12-9-6-3)64-58(61)52-49-46-43-40-37-33-26-23-20-17-14-11-8-5-2/h7-12,15-21,24-25,27,29-30,32,35,55H,4-6,13-14,22-23,26,28,31,33-34,36-54H2,1-3H3/b10-7-,11-8-,12-9-,18-15-,19-16-,20-17-,24-21-,27-25-,30-29-,35-32-. The molecule has 1 atom stereocenters. The topological polar surface area (TPSA) is 78.9 Å². The van der Waals surface area contributed by atoms with E-state index in [0.29, 0.717) is 19.3 Å². The van der Waals surface area contributed by atoms with Crippen molar-refractivity contribution in [2.45, 2.75) is 213 Å². The molecule has 0 fully saturated rings. The number of ether oxygens (including phenoxy) is 3. The maximum atomic E-state index is 12.8. The highest BCUT2D eigenvalue weighted by Gasteiger charge is 2.19. The van der Waals surface area contributed by atoms with Crippen LogP contribution in [-0.4, -0.2) is 37.2 Å². The smallest absolute Gasteiger partial charge is 0.306 e. The van der Waals surface area contributed by atoms with Crippen LogP contribution in [0.15, 0.2) is 122 Å². The zero-order valence-electron chi connectivity index (χ0n) is 41.0. The van der Waals surface area contributed by atoms with Gasteiger partial charge in [0.1, 0.15) is 13.2 Å². The summed E-state index contributed by atoms with van der Waals surface area (Å²) in [5.41, 5.74) is 0. The molecule has 6 nitrogen and oxygen atoms in total. The zero-order chi connectivity index (χ0) is 46.5. The van der Waals surface area contributed by atoms with Crippen LogP contribution < -0.4 is 0 Å². The van der Waals surface area contributed by atoms with Gasteiger partial charge >= 0.3 is 17.9 Å². The van der Waals surface area contributed by atoms with Gasteiger partial charge in [-0.2, -0.15) is 0 Å². The van der Waals surface area contributed by atoms with E-state index in [9.17, 15) is 14.4 Å². The predicted molar refractivity (Wildman–Crippen MR) is 274 cm³/mol. The summed E-state index contributed by atoms with van der Waals surface area (Å²) in [5.74, 6) is -0.975. The first-order valence-corrected chi connectivity index (χ1v) is 25.6. The van der Waals surface area contributed by atoms with Crippen LogP contribution in [0.2, 0.25) is 0 Å². The quantitative estimate of drug-likeness (QED) is 0.0199. The molecule has 0 aliphatic carbocycles. The Labute approximate surface area is 392 Å². The van der Waals surface area contributed by atoms with Gasteiger partial charge in [0.15, 0.2) is 6.10 Å². The van der Waals surface area contributed by atoms with Gasteiger partial charge in [0.05, 0.1) is 0 Å². The van der Waals surface area contributed by atoms with Crippen LogP contribution in [0, 0.1) is 0 Å². The molecule has 360 valence electrons. The second-order valence-electron chi connectivity index (χ2n) is 16.4. The summed E-state index contributed by atoms with van der Waals surface area (Å²) in [6, 6.07) is 0. The number of carbonyl (C=O) groups excluding carboxylic acids is 3. The van der Waals surface area contributed by atoms with E-state index in [0.717, 1.165) is 128 Å². The van der Waals surface area contributed by atoms with Gasteiger partial charge in [-0.15, -0.1) is 0 Å². The van der Waals surface area contributed by atoms with Crippen molar-refractivity contribution in [3.8, 4) is 0 Å². The summed E-state index contributed by atoms with van der Waals surface area (Å²) in [6.07, 6.45) is 70.4. The number of carbonyl (C=O) groups is 3. The third kappa shape index (κ3) is 48.8. The molecule has 0 aliphatic rings. The van der Waals surface area contributed by atoms with Gasteiger partial charge in [-0.05, 0) is 103 Å². The summed E-state index contributed by atoms with van der Waals surface area (Å²) >= 11 is 0. The molecule has 64 heavy (non-hydrogen) atoms. The van der Waals surface area contributed by atoms with Crippen LogP contribution in [0.5, 0.6) is 0 Å². The second-order valence-corrected chi connectivity index (χ2v) is 16.4. The van der Waals surface area contributed by atoms with Gasteiger partial charge in [-0.25, -0.2) is 0 Å². The van der Waals surface area contributed by atoms with Gasteiger partial charge in [0, 0.05) is 19.3 Å². The molecule has 0 aromatic heterocycles. The van der Waals surface area contributed by atoms with Crippen LogP contribution >= 0.6 is 0 Å². The fourth-order valence-electron chi connectivity index (χ4n) is 6.54. The Morgan fingerprint density at radius 1 is 0.328 bits per heavy atom. The number of rotatable bonds is 44. The predicted octanol–water partition coefficient (Wildman–Crippen LogP) is 16.9. The molecule has 6 heteroatoms. The van der Waals surface area contributed by atoms with Crippen molar-refractivity contribution in [2.75, 3.05) is 13.2 Å². The SMILES string of the molecule is CC\C=C/C=C\C=C/C=C\CCCCCC(=O)OCC(COC(=O)CCCCCCCC/C=C\C/C=C\C/C=C\C/C=C\CC)OC(=O)CCCCCCCCC/C=C\C/C=C\CC. The molecular formula is C58H92O6. The average Bonchev–Trinajstić information content (AvgIpc) is 3.29. The highest BCUT2D eigenvalue weighted by Crippen LogP contribution is 2.13. The van der Waals surface area contributed by atoms with Gasteiger partial charge < -0.3 is 14.2 Å². The van der Waals surface area contributed by atoms with Crippen molar-refractivity contribution < 1.29 is 28.6 Å². The van der Waals surface area contributed by atoms with Crippen molar-refractivity contribution in [1.29, 1.82) is 0 Å². The van der Waals surface area contributed by atoms with Gasteiger partial charge in [-0.1, -0.05) is 206 Å². The van der Waals surface area contributed by atoms with Crippen molar-refractivity contribution in [1.82, 2.24) is 0 Å². The number of allylic oxidation sites excluding steroid dienone is 20. The maximum absolute atomic E-state index is 12.8. The van der Waals surface area contributed by atoms with Crippen molar-refractivity contribution in [3.63, 3.8) is 0 Å². The first kappa shape index (κ1) is 59.8. The minimum absolute atomic E-state index is 0.105. The lowest BCUT2D eigenvalue weighted by molar-refractivity contribution is -0.167. The molecule has 0 saturated heterocycles. The molecule has 0 saturated carbocycles. The number of hydrogen-bond donors (Lipinski definition) is 0. The van der Waals surface area contributed by atoms with E-state index in [1.54, 1.807) is 0 Å². The molecule has 0 aromatic carbocycles. The van der Waals surface area contributed by atoms with Crippen molar-refractivity contribution in [2.24, 2.45) is 0 Å². The second kappa shape index (κ2) is 51.4. The third-order valence-corrected chi connectivity index (χ3v) is 10.3. The summed E-state index contributed by atoms with van der Waals surface area (Å²) in [6.45, 7) is 6.21.